The van der Waals surface area contributed by atoms with Crippen molar-refractivity contribution in [2.75, 3.05) is 118 Å². The first-order chi connectivity index (χ1) is 15.8. The summed E-state index contributed by atoms with van der Waals surface area (Å²) in [4.78, 5) is 4.89. The molecule has 7 N–H and O–H groups in total. The van der Waals surface area contributed by atoms with Crippen LogP contribution in [-0.2, 0) is 0 Å². The van der Waals surface area contributed by atoms with Crippen LogP contribution in [0.5, 0.6) is 0 Å². The minimum absolute atomic E-state index is 0.304. The first-order valence-electron chi connectivity index (χ1n) is 13.2. The normalized spacial score (nSPS) is 24.6. The Kier molecular flexibility index (Phi) is 17.5. The summed E-state index contributed by atoms with van der Waals surface area (Å²) in [5.74, 6) is 0. The highest BCUT2D eigenvalue weighted by Crippen LogP contribution is 2.00. The molecule has 2 rings (SSSR count). The van der Waals surface area contributed by atoms with Crippen molar-refractivity contribution in [1.29, 1.82) is 0 Å². The third-order valence-electron chi connectivity index (χ3n) is 6.17. The van der Waals surface area contributed by atoms with Gasteiger partial charge in [-0.15, -0.1) is 0 Å². The average Bonchev–Trinajstić information content (AvgIpc) is 2.78. The first kappa shape index (κ1) is 27.9. The number of nitrogens with one attached hydrogen (secondary N) is 6. The van der Waals surface area contributed by atoms with E-state index in [4.69, 9.17) is 0 Å². The smallest absolute Gasteiger partial charge is 0.0793 e. The van der Waals surface area contributed by atoms with E-state index in [1.54, 1.807) is 0 Å². The van der Waals surface area contributed by atoms with Crippen molar-refractivity contribution in [1.82, 2.24) is 41.7 Å². The van der Waals surface area contributed by atoms with Gasteiger partial charge in [-0.3, -0.25) is 9.80 Å². The zero-order valence-corrected chi connectivity index (χ0v) is 20.5. The number of hydrogen-bond donors (Lipinski definition) is 7. The number of nitrogens with zero attached hydrogens (tertiary/aromatic N) is 2. The molecule has 2 heterocycles. The first-order valence-corrected chi connectivity index (χ1v) is 13.2. The number of aliphatic hydroxyl groups excluding tert-OH is 1. The number of rotatable bonds is 4. The molecule has 0 spiro atoms. The Bertz CT molecular complexity index is 353. The van der Waals surface area contributed by atoms with Crippen LogP contribution in [0.15, 0.2) is 0 Å². The average molecular weight is 457 g/mol. The SMILES string of the molecule is OC(CN1CCCNCCNCCCNCC1)CN1CCCNCCNCCCNCC1. The lowest BCUT2D eigenvalue weighted by Crippen LogP contribution is -2.45. The molecule has 0 radical (unpaired) electrons. The molecular weight excluding hydrogens is 404 g/mol. The lowest BCUT2D eigenvalue weighted by atomic mass is 10.2. The number of hydrogen-bond acceptors (Lipinski definition) is 9. The van der Waals surface area contributed by atoms with Crippen LogP contribution in [0.2, 0.25) is 0 Å². The third kappa shape index (κ3) is 15.5. The van der Waals surface area contributed by atoms with Crippen molar-refractivity contribution in [3.63, 3.8) is 0 Å². The molecule has 0 unspecified atom stereocenters. The predicted octanol–water partition coefficient (Wildman–Crippen LogP) is -1.92. The van der Waals surface area contributed by atoms with Gasteiger partial charge >= 0.3 is 0 Å². The van der Waals surface area contributed by atoms with E-state index in [1.807, 2.05) is 0 Å². The molecule has 190 valence electrons. The van der Waals surface area contributed by atoms with Gasteiger partial charge in [-0.25, -0.2) is 0 Å². The zero-order valence-electron chi connectivity index (χ0n) is 20.5. The van der Waals surface area contributed by atoms with E-state index in [2.05, 4.69) is 41.7 Å². The summed E-state index contributed by atoms with van der Waals surface area (Å²) in [5, 5.41) is 32.1. The molecule has 32 heavy (non-hydrogen) atoms. The second kappa shape index (κ2) is 20.1. The standard InChI is InChI=1S/C23H52N8O/c32-23(21-30-17-3-9-26-13-11-24-5-1-7-28-15-19-30)22-31-18-4-10-27-14-12-25-6-2-8-29-16-20-31/h23-29,32H,1-22H2. The molecule has 0 bridgehead atoms. The summed E-state index contributed by atoms with van der Waals surface area (Å²) in [5.41, 5.74) is 0. The van der Waals surface area contributed by atoms with Crippen molar-refractivity contribution in [2.24, 2.45) is 0 Å². The quantitative estimate of drug-likeness (QED) is 0.261. The van der Waals surface area contributed by atoms with Crippen LogP contribution in [0.3, 0.4) is 0 Å². The Balaban J connectivity index is 1.74. The Labute approximate surface area is 196 Å². The van der Waals surface area contributed by atoms with Gasteiger partial charge in [-0.05, 0) is 78.0 Å². The van der Waals surface area contributed by atoms with Gasteiger partial charge in [0.05, 0.1) is 6.10 Å². The lowest BCUT2D eigenvalue weighted by molar-refractivity contribution is 0.0731. The van der Waals surface area contributed by atoms with Crippen LogP contribution in [-0.4, -0.2) is 139 Å². The van der Waals surface area contributed by atoms with Crippen molar-refractivity contribution in [2.45, 2.75) is 31.8 Å². The highest BCUT2D eigenvalue weighted by molar-refractivity contribution is 4.73. The van der Waals surface area contributed by atoms with Gasteiger partial charge in [0, 0.05) is 65.4 Å². The topological polar surface area (TPSA) is 98.9 Å². The van der Waals surface area contributed by atoms with Gasteiger partial charge < -0.3 is 37.0 Å². The van der Waals surface area contributed by atoms with E-state index >= 15 is 0 Å². The molecule has 2 aliphatic heterocycles. The Morgan fingerprint density at radius 3 is 1.19 bits per heavy atom. The Morgan fingerprint density at radius 2 is 0.781 bits per heavy atom. The van der Waals surface area contributed by atoms with Crippen molar-refractivity contribution in [3.8, 4) is 0 Å². The zero-order chi connectivity index (χ0) is 22.5. The molecule has 0 aromatic carbocycles. The summed E-state index contributed by atoms with van der Waals surface area (Å²) >= 11 is 0. The van der Waals surface area contributed by atoms with E-state index < -0.39 is 0 Å². The second-order valence-corrected chi connectivity index (χ2v) is 9.17. The largest absolute Gasteiger partial charge is 0.390 e. The van der Waals surface area contributed by atoms with Crippen molar-refractivity contribution >= 4 is 0 Å². The maximum absolute atomic E-state index is 10.9. The lowest BCUT2D eigenvalue weighted by Gasteiger charge is -2.30. The molecule has 2 saturated heterocycles. The molecule has 9 nitrogen and oxygen atoms in total. The monoisotopic (exact) mass is 456 g/mol. The summed E-state index contributed by atoms with van der Waals surface area (Å²) in [6.07, 6.45) is 4.28. The summed E-state index contributed by atoms with van der Waals surface area (Å²) < 4.78 is 0. The van der Waals surface area contributed by atoms with E-state index in [9.17, 15) is 5.11 Å². The number of aliphatic hydroxyl groups is 1. The van der Waals surface area contributed by atoms with Gasteiger partial charge in [0.1, 0.15) is 0 Å². The van der Waals surface area contributed by atoms with Crippen LogP contribution >= 0.6 is 0 Å². The molecule has 0 aliphatic carbocycles. The third-order valence-corrected chi connectivity index (χ3v) is 6.17. The maximum atomic E-state index is 10.9. The van der Waals surface area contributed by atoms with E-state index in [0.717, 1.165) is 143 Å². The van der Waals surface area contributed by atoms with Gasteiger partial charge in [0.15, 0.2) is 0 Å². The molecule has 0 aromatic heterocycles. The van der Waals surface area contributed by atoms with E-state index in [1.165, 1.54) is 0 Å². The van der Waals surface area contributed by atoms with Crippen LogP contribution < -0.4 is 31.9 Å². The number of β-amino-alcohol motifs (C(OH)–C–C–N with tert-alkyl or cyclic N) is 1. The maximum Gasteiger partial charge on any atom is 0.0793 e. The molecule has 9 heteroatoms. The fraction of sp³-hybridized carbons (Fsp3) is 1.00. The fourth-order valence-electron chi connectivity index (χ4n) is 4.35. The van der Waals surface area contributed by atoms with Crippen LogP contribution in [0, 0.1) is 0 Å². The van der Waals surface area contributed by atoms with Crippen LogP contribution in [0.1, 0.15) is 25.7 Å². The van der Waals surface area contributed by atoms with Crippen LogP contribution in [0.4, 0.5) is 0 Å². The Morgan fingerprint density at radius 1 is 0.438 bits per heavy atom. The molecule has 2 aliphatic rings. The molecule has 0 saturated carbocycles. The predicted molar refractivity (Wildman–Crippen MR) is 135 cm³/mol. The summed E-state index contributed by atoms with van der Waals surface area (Å²) in [6.45, 7) is 18.1. The van der Waals surface area contributed by atoms with Crippen LogP contribution in [0.25, 0.3) is 0 Å². The molecule has 0 aromatic rings. The van der Waals surface area contributed by atoms with E-state index in [-0.39, 0.29) is 6.10 Å². The molecule has 0 amide bonds. The van der Waals surface area contributed by atoms with Gasteiger partial charge in [0.25, 0.3) is 0 Å². The van der Waals surface area contributed by atoms with Crippen molar-refractivity contribution < 1.29 is 5.11 Å². The highest BCUT2D eigenvalue weighted by atomic mass is 16.3. The second-order valence-electron chi connectivity index (χ2n) is 9.17. The minimum atomic E-state index is -0.304. The minimum Gasteiger partial charge on any atom is -0.390 e. The highest BCUT2D eigenvalue weighted by Gasteiger charge is 2.16. The summed E-state index contributed by atoms with van der Waals surface area (Å²) in [6, 6.07) is 0. The molecule has 2 fully saturated rings. The van der Waals surface area contributed by atoms with E-state index in [0.29, 0.717) is 0 Å². The van der Waals surface area contributed by atoms with Crippen molar-refractivity contribution in [3.05, 3.63) is 0 Å². The van der Waals surface area contributed by atoms with Gasteiger partial charge in [0.2, 0.25) is 0 Å². The molecule has 0 atom stereocenters. The molecular formula is C23H52N8O. The van der Waals surface area contributed by atoms with Gasteiger partial charge in [-0.2, -0.15) is 0 Å². The Hall–Kier alpha value is -0.360. The fourth-order valence-corrected chi connectivity index (χ4v) is 4.35. The summed E-state index contributed by atoms with van der Waals surface area (Å²) in [7, 11) is 0. The van der Waals surface area contributed by atoms with Gasteiger partial charge in [-0.1, -0.05) is 0 Å².